The van der Waals surface area contributed by atoms with Crippen LogP contribution in [0.1, 0.15) is 77.1 Å². The van der Waals surface area contributed by atoms with Gasteiger partial charge < -0.3 is 19.7 Å². The zero-order chi connectivity index (χ0) is 29.4. The quantitative estimate of drug-likeness (QED) is 0.365. The average Bonchev–Trinajstić information content (AvgIpc) is 3.16. The van der Waals surface area contributed by atoms with E-state index in [0.29, 0.717) is 30.0 Å². The molecule has 41 heavy (non-hydrogen) atoms. The average molecular weight is 561 g/mol. The Labute approximate surface area is 245 Å². The number of nitrogens with zero attached hydrogens (tertiary/aromatic N) is 1. The van der Waals surface area contributed by atoms with Crippen molar-refractivity contribution in [3.05, 3.63) is 59.7 Å². The van der Waals surface area contributed by atoms with Gasteiger partial charge in [0.1, 0.15) is 6.10 Å². The minimum absolute atomic E-state index is 0.0149. The van der Waals surface area contributed by atoms with Crippen LogP contribution in [0, 0.1) is 34.0 Å². The third-order valence-electron chi connectivity index (χ3n) is 12.6. The number of ether oxygens (including phenoxy) is 2. The van der Waals surface area contributed by atoms with Crippen LogP contribution in [0.4, 0.5) is 0 Å². The summed E-state index contributed by atoms with van der Waals surface area (Å²) in [6.07, 6.45) is 11.9. The second-order valence-electron chi connectivity index (χ2n) is 14.7. The summed E-state index contributed by atoms with van der Waals surface area (Å²) in [7, 11) is 4.28. The van der Waals surface area contributed by atoms with Crippen LogP contribution in [0.5, 0.6) is 0 Å². The summed E-state index contributed by atoms with van der Waals surface area (Å²) in [6, 6.07) is 9.71. The number of fused-ring (bicyclic) bond motifs is 3. The van der Waals surface area contributed by atoms with Gasteiger partial charge in [-0.25, -0.2) is 0 Å². The van der Waals surface area contributed by atoms with Crippen molar-refractivity contribution in [2.24, 2.45) is 34.0 Å². The lowest BCUT2D eigenvalue weighted by molar-refractivity contribution is -0.150. The molecule has 0 aromatic heterocycles. The van der Waals surface area contributed by atoms with Crippen LogP contribution in [0.25, 0.3) is 0 Å². The van der Waals surface area contributed by atoms with Gasteiger partial charge in [-0.2, -0.15) is 0 Å². The van der Waals surface area contributed by atoms with Crippen LogP contribution in [0.15, 0.2) is 54.1 Å². The van der Waals surface area contributed by atoms with Crippen LogP contribution in [-0.2, 0) is 14.3 Å². The van der Waals surface area contributed by atoms with E-state index in [-0.39, 0.29) is 51.8 Å². The van der Waals surface area contributed by atoms with E-state index in [9.17, 15) is 9.59 Å². The van der Waals surface area contributed by atoms with Gasteiger partial charge >= 0.3 is 5.97 Å². The molecule has 2 bridgehead atoms. The number of hydrogen-bond acceptors (Lipinski definition) is 5. The Morgan fingerprint density at radius 2 is 1.83 bits per heavy atom. The molecule has 10 atom stereocenters. The Morgan fingerprint density at radius 1 is 1.10 bits per heavy atom. The Bertz CT molecular complexity index is 1270. The molecule has 222 valence electrons. The van der Waals surface area contributed by atoms with Crippen molar-refractivity contribution in [1.29, 1.82) is 0 Å². The van der Waals surface area contributed by atoms with Crippen molar-refractivity contribution in [3.63, 3.8) is 0 Å². The summed E-state index contributed by atoms with van der Waals surface area (Å²) in [5.74, 6) is 0.791. The summed E-state index contributed by atoms with van der Waals surface area (Å²) >= 11 is 0. The third-order valence-corrected chi connectivity index (χ3v) is 12.6. The number of esters is 1. The fourth-order valence-corrected chi connectivity index (χ4v) is 10.1. The zero-order valence-electron chi connectivity index (χ0n) is 25.9. The third kappa shape index (κ3) is 4.18. The van der Waals surface area contributed by atoms with Gasteiger partial charge in [0.05, 0.1) is 18.2 Å². The number of rotatable bonds is 5. The van der Waals surface area contributed by atoms with E-state index in [1.165, 1.54) is 5.57 Å². The van der Waals surface area contributed by atoms with Gasteiger partial charge in [-0.15, -0.1) is 0 Å². The molecule has 1 N–H and O–H groups in total. The van der Waals surface area contributed by atoms with Gasteiger partial charge in [0, 0.05) is 42.2 Å². The first kappa shape index (κ1) is 28.7. The lowest BCUT2D eigenvalue weighted by Gasteiger charge is -2.54. The van der Waals surface area contributed by atoms with Gasteiger partial charge in [-0.1, -0.05) is 62.8 Å². The van der Waals surface area contributed by atoms with Crippen molar-refractivity contribution >= 4 is 11.9 Å². The second-order valence-corrected chi connectivity index (χ2v) is 14.7. The zero-order valence-corrected chi connectivity index (χ0v) is 25.9. The smallest absolute Gasteiger partial charge is 0.302 e. The number of amides is 1. The molecule has 6 rings (SSSR count). The summed E-state index contributed by atoms with van der Waals surface area (Å²) in [6.45, 7) is 11.8. The van der Waals surface area contributed by atoms with Gasteiger partial charge in [0.15, 0.2) is 0 Å². The largest absolute Gasteiger partial charge is 0.462 e. The van der Waals surface area contributed by atoms with Crippen molar-refractivity contribution < 1.29 is 19.1 Å². The molecule has 10 unspecified atom stereocenters. The number of nitrogens with one attached hydrogen (secondary N) is 1. The molecule has 2 saturated carbocycles. The summed E-state index contributed by atoms with van der Waals surface area (Å²) < 4.78 is 12.9. The molecule has 5 aliphatic rings. The Morgan fingerprint density at radius 3 is 2.51 bits per heavy atom. The SMILES string of the molecule is CC(=O)OC1CC2(C)C3CCC4C5(C=CC(NC(=O)c6ccccc6)C4(C)CO5)CC3=CCC2(C)C1C(C)N(C)C. The topological polar surface area (TPSA) is 67.9 Å². The first-order chi connectivity index (χ1) is 19.3. The van der Waals surface area contributed by atoms with Crippen LogP contribution < -0.4 is 5.32 Å². The summed E-state index contributed by atoms with van der Waals surface area (Å²) in [5.41, 5.74) is 1.75. The normalized spacial score (nSPS) is 43.3. The summed E-state index contributed by atoms with van der Waals surface area (Å²) in [5, 5.41) is 3.35. The van der Waals surface area contributed by atoms with Crippen LogP contribution in [-0.4, -0.2) is 61.3 Å². The van der Waals surface area contributed by atoms with E-state index in [1.54, 1.807) is 6.92 Å². The molecule has 6 nitrogen and oxygen atoms in total. The first-order valence-electron chi connectivity index (χ1n) is 15.6. The van der Waals surface area contributed by atoms with Crippen LogP contribution in [0.2, 0.25) is 0 Å². The number of hydrogen-bond donors (Lipinski definition) is 1. The van der Waals surface area contributed by atoms with E-state index in [0.717, 1.165) is 32.1 Å². The van der Waals surface area contributed by atoms with Gasteiger partial charge in [0.25, 0.3) is 5.91 Å². The van der Waals surface area contributed by atoms with E-state index >= 15 is 0 Å². The maximum Gasteiger partial charge on any atom is 0.302 e. The Balaban J connectivity index is 1.31. The van der Waals surface area contributed by atoms with Crippen LogP contribution >= 0.6 is 0 Å². The molecule has 1 aromatic carbocycles. The highest BCUT2D eigenvalue weighted by atomic mass is 16.5. The highest BCUT2D eigenvalue weighted by molar-refractivity contribution is 5.94. The molecule has 1 amide bonds. The van der Waals surface area contributed by atoms with Gasteiger partial charge in [0.2, 0.25) is 0 Å². The molecule has 4 aliphatic carbocycles. The monoisotopic (exact) mass is 560 g/mol. The number of carbonyl (C=O) groups is 2. The number of carbonyl (C=O) groups excluding carboxylic acids is 2. The van der Waals surface area contributed by atoms with Gasteiger partial charge in [-0.05, 0) is 75.6 Å². The first-order valence-corrected chi connectivity index (χ1v) is 15.6. The maximum absolute atomic E-state index is 13.2. The van der Waals surface area contributed by atoms with E-state index in [2.05, 4.69) is 70.2 Å². The fourth-order valence-electron chi connectivity index (χ4n) is 10.1. The van der Waals surface area contributed by atoms with Crippen molar-refractivity contribution in [2.75, 3.05) is 20.7 Å². The molecular weight excluding hydrogens is 512 g/mol. The molecule has 1 saturated heterocycles. The number of allylic oxidation sites excluding steroid dienone is 1. The van der Waals surface area contributed by atoms with E-state index < -0.39 is 0 Å². The fraction of sp³-hybridized carbons (Fsp3) is 0.657. The molecule has 1 heterocycles. The minimum Gasteiger partial charge on any atom is -0.462 e. The van der Waals surface area contributed by atoms with Crippen molar-refractivity contribution in [2.45, 2.75) is 90.5 Å². The van der Waals surface area contributed by atoms with Crippen LogP contribution in [0.3, 0.4) is 0 Å². The maximum atomic E-state index is 13.2. The predicted octanol–water partition coefficient (Wildman–Crippen LogP) is 5.79. The predicted molar refractivity (Wildman–Crippen MR) is 160 cm³/mol. The van der Waals surface area contributed by atoms with Crippen molar-refractivity contribution in [1.82, 2.24) is 10.2 Å². The van der Waals surface area contributed by atoms with E-state index in [1.807, 2.05) is 30.3 Å². The Hall–Kier alpha value is -2.44. The van der Waals surface area contributed by atoms with Crippen molar-refractivity contribution in [3.8, 4) is 0 Å². The second kappa shape index (κ2) is 9.80. The number of benzene rings is 1. The lowest BCUT2D eigenvalue weighted by atomic mass is 9.51. The molecule has 1 aromatic rings. The molecule has 3 fully saturated rings. The molecule has 6 heteroatoms. The molecule has 0 spiro atoms. The minimum atomic E-state index is -0.322. The molecular formula is C35H48N2O4. The van der Waals surface area contributed by atoms with Gasteiger partial charge in [-0.3, -0.25) is 9.59 Å². The molecule has 1 aliphatic heterocycles. The standard InChI is InChI=1S/C35H48N2O4/c1-22(37(6)7)30-27(41-23(2)38)20-34(5)26-13-14-28-32(3)21-40-35(28,19-25(26)15-17-33(30,34)4)18-16-29(32)36-31(39)24-11-9-8-10-12-24/h8-12,15-16,18,22,26-30H,13-14,17,19-21H2,1-7H3,(H,36,39). The molecule has 0 radical (unpaired) electrons. The lowest BCUT2D eigenvalue weighted by Crippen LogP contribution is -2.53. The summed E-state index contributed by atoms with van der Waals surface area (Å²) in [4.78, 5) is 27.7. The Kier molecular flexibility index (Phi) is 6.86. The highest BCUT2D eigenvalue weighted by Crippen LogP contribution is 2.70. The van der Waals surface area contributed by atoms with E-state index in [4.69, 9.17) is 9.47 Å². The highest BCUT2D eigenvalue weighted by Gasteiger charge is 2.68.